The van der Waals surface area contributed by atoms with Gasteiger partial charge in [0.1, 0.15) is 16.9 Å². The molecule has 0 radical (unpaired) electrons. The highest BCUT2D eigenvalue weighted by Gasteiger charge is 2.23. The first kappa shape index (κ1) is 18.4. The Morgan fingerprint density at radius 1 is 1.35 bits per heavy atom. The average molecular weight is 390 g/mol. The molecule has 0 saturated carbocycles. The molecular formula is C18H15FN2O3S2. The van der Waals surface area contributed by atoms with Gasteiger partial charge in [-0.3, -0.25) is 9.59 Å². The molecule has 3 rings (SSSR count). The maximum Gasteiger partial charge on any atom is 0.316 e. The van der Waals surface area contributed by atoms with E-state index in [1.54, 1.807) is 18.2 Å². The van der Waals surface area contributed by atoms with Gasteiger partial charge in [0.15, 0.2) is 6.61 Å². The summed E-state index contributed by atoms with van der Waals surface area (Å²) in [5, 5.41) is 12.4. The zero-order valence-electron chi connectivity index (χ0n) is 13.7. The van der Waals surface area contributed by atoms with Crippen molar-refractivity contribution in [2.24, 2.45) is 0 Å². The Balaban J connectivity index is 1.48. The number of thiophene rings is 1. The van der Waals surface area contributed by atoms with Crippen LogP contribution in [-0.2, 0) is 27.2 Å². The van der Waals surface area contributed by atoms with Gasteiger partial charge in [0.25, 0.3) is 5.91 Å². The maximum atomic E-state index is 13.5. The van der Waals surface area contributed by atoms with Crippen molar-refractivity contribution >= 4 is 40.0 Å². The highest BCUT2D eigenvalue weighted by atomic mass is 32.2. The smallest absolute Gasteiger partial charge is 0.316 e. The van der Waals surface area contributed by atoms with E-state index < -0.39 is 24.3 Å². The molecule has 26 heavy (non-hydrogen) atoms. The van der Waals surface area contributed by atoms with Gasteiger partial charge in [-0.2, -0.15) is 5.26 Å². The summed E-state index contributed by atoms with van der Waals surface area (Å²) in [6.07, 6.45) is 2.81. The molecule has 0 spiro atoms. The molecule has 134 valence electrons. The molecule has 1 aromatic carbocycles. The molecule has 1 heterocycles. The standard InChI is InChI=1S/C18H15FN2O3S2/c19-13-5-1-2-6-15(13)25-10-17(23)24-9-16(22)21-18-12(8-20)11-4-3-7-14(11)26-18/h1-2,5-6H,3-4,7,9-10H2,(H,21,22). The summed E-state index contributed by atoms with van der Waals surface area (Å²) in [5.74, 6) is -1.60. The second kappa shape index (κ2) is 8.34. The topological polar surface area (TPSA) is 79.2 Å². The van der Waals surface area contributed by atoms with Gasteiger partial charge in [-0.15, -0.1) is 23.1 Å². The number of nitrogens with one attached hydrogen (secondary N) is 1. The van der Waals surface area contributed by atoms with Crippen molar-refractivity contribution in [2.75, 3.05) is 17.7 Å². The van der Waals surface area contributed by atoms with Gasteiger partial charge in [0, 0.05) is 9.77 Å². The van der Waals surface area contributed by atoms with Gasteiger partial charge in [0.2, 0.25) is 0 Å². The highest BCUT2D eigenvalue weighted by Crippen LogP contribution is 2.38. The van der Waals surface area contributed by atoms with E-state index in [0.717, 1.165) is 41.5 Å². The molecule has 1 amide bonds. The second-order valence-corrected chi connectivity index (χ2v) is 7.72. The van der Waals surface area contributed by atoms with Crippen LogP contribution in [0.2, 0.25) is 0 Å². The van der Waals surface area contributed by atoms with Gasteiger partial charge in [-0.05, 0) is 37.0 Å². The van der Waals surface area contributed by atoms with Crippen LogP contribution in [0, 0.1) is 17.1 Å². The Morgan fingerprint density at radius 2 is 2.15 bits per heavy atom. The SMILES string of the molecule is N#Cc1c(NC(=O)COC(=O)CSc2ccccc2F)sc2c1CCC2. The van der Waals surface area contributed by atoms with Crippen LogP contribution >= 0.6 is 23.1 Å². The third-order valence-electron chi connectivity index (χ3n) is 3.83. The van der Waals surface area contributed by atoms with E-state index in [1.807, 2.05) is 0 Å². The molecule has 0 aliphatic heterocycles. The summed E-state index contributed by atoms with van der Waals surface area (Å²) in [7, 11) is 0. The lowest BCUT2D eigenvalue weighted by Gasteiger charge is -2.06. The minimum Gasteiger partial charge on any atom is -0.455 e. The summed E-state index contributed by atoms with van der Waals surface area (Å²) in [4.78, 5) is 25.2. The first-order valence-electron chi connectivity index (χ1n) is 7.96. The van der Waals surface area contributed by atoms with Crippen molar-refractivity contribution < 1.29 is 18.7 Å². The summed E-state index contributed by atoms with van der Waals surface area (Å²) >= 11 is 2.41. The molecule has 0 saturated heterocycles. The van der Waals surface area contributed by atoms with Crippen LogP contribution in [0.15, 0.2) is 29.2 Å². The third-order valence-corrected chi connectivity index (χ3v) is 6.06. The van der Waals surface area contributed by atoms with Crippen LogP contribution in [-0.4, -0.2) is 24.2 Å². The van der Waals surface area contributed by atoms with Crippen LogP contribution in [0.3, 0.4) is 0 Å². The molecule has 8 heteroatoms. The number of thioether (sulfide) groups is 1. The van der Waals surface area contributed by atoms with Gasteiger partial charge >= 0.3 is 5.97 Å². The van der Waals surface area contributed by atoms with E-state index in [0.29, 0.717) is 15.5 Å². The fourth-order valence-electron chi connectivity index (χ4n) is 2.66. The van der Waals surface area contributed by atoms with E-state index in [4.69, 9.17) is 4.74 Å². The molecule has 1 aromatic heterocycles. The molecule has 2 aromatic rings. The number of aryl methyl sites for hydroxylation is 1. The fourth-order valence-corrected chi connectivity index (χ4v) is 4.65. The Morgan fingerprint density at radius 3 is 2.92 bits per heavy atom. The molecule has 1 aliphatic carbocycles. The van der Waals surface area contributed by atoms with Crippen LogP contribution < -0.4 is 5.32 Å². The van der Waals surface area contributed by atoms with Crippen LogP contribution in [0.4, 0.5) is 9.39 Å². The lowest BCUT2D eigenvalue weighted by molar-refractivity contribution is -0.144. The van der Waals surface area contributed by atoms with Crippen molar-refractivity contribution in [2.45, 2.75) is 24.2 Å². The average Bonchev–Trinajstić information content (AvgIpc) is 3.19. The summed E-state index contributed by atoms with van der Waals surface area (Å²) < 4.78 is 18.4. The maximum absolute atomic E-state index is 13.5. The lowest BCUT2D eigenvalue weighted by Crippen LogP contribution is -2.21. The van der Waals surface area contributed by atoms with Gasteiger partial charge < -0.3 is 10.1 Å². The fraction of sp³-hybridized carbons (Fsp3) is 0.278. The predicted molar refractivity (Wildman–Crippen MR) is 97.8 cm³/mol. The second-order valence-electron chi connectivity index (χ2n) is 5.60. The van der Waals surface area contributed by atoms with E-state index in [-0.39, 0.29) is 5.75 Å². The molecule has 0 bridgehead atoms. The van der Waals surface area contributed by atoms with E-state index >= 15 is 0 Å². The molecule has 5 nitrogen and oxygen atoms in total. The van der Waals surface area contributed by atoms with Crippen molar-refractivity contribution in [3.05, 3.63) is 46.1 Å². The lowest BCUT2D eigenvalue weighted by atomic mass is 10.1. The number of esters is 1. The molecule has 0 fully saturated rings. The number of anilines is 1. The van der Waals surface area contributed by atoms with Gasteiger partial charge in [-0.1, -0.05) is 12.1 Å². The van der Waals surface area contributed by atoms with E-state index in [1.165, 1.54) is 17.4 Å². The number of fused-ring (bicyclic) bond motifs is 1. The first-order valence-corrected chi connectivity index (χ1v) is 9.76. The van der Waals surface area contributed by atoms with Crippen LogP contribution in [0.25, 0.3) is 0 Å². The molecular weight excluding hydrogens is 375 g/mol. The molecule has 0 unspecified atom stereocenters. The number of ether oxygens (including phenoxy) is 1. The number of benzene rings is 1. The third kappa shape index (κ3) is 4.23. The number of rotatable bonds is 6. The van der Waals surface area contributed by atoms with Crippen molar-refractivity contribution in [3.8, 4) is 6.07 Å². The Kier molecular flexibility index (Phi) is 5.91. The molecule has 1 N–H and O–H groups in total. The molecule has 0 atom stereocenters. The zero-order chi connectivity index (χ0) is 18.5. The molecule has 1 aliphatic rings. The van der Waals surface area contributed by atoms with Crippen molar-refractivity contribution in [1.82, 2.24) is 0 Å². The van der Waals surface area contributed by atoms with Gasteiger partial charge in [-0.25, -0.2) is 4.39 Å². The normalized spacial score (nSPS) is 12.3. The quantitative estimate of drug-likeness (QED) is 0.603. The summed E-state index contributed by atoms with van der Waals surface area (Å²) in [6, 6.07) is 8.26. The number of carbonyl (C=O) groups is 2. The van der Waals surface area contributed by atoms with Crippen LogP contribution in [0.1, 0.15) is 22.4 Å². The Hall–Kier alpha value is -2.37. The highest BCUT2D eigenvalue weighted by molar-refractivity contribution is 8.00. The predicted octanol–water partition coefficient (Wildman–Crippen LogP) is 3.52. The number of nitriles is 1. The summed E-state index contributed by atoms with van der Waals surface area (Å²) in [6.45, 7) is -0.440. The number of amides is 1. The minimum atomic E-state index is -0.609. The summed E-state index contributed by atoms with van der Waals surface area (Å²) in [5.41, 5.74) is 1.53. The number of nitrogens with zero attached hydrogens (tertiary/aromatic N) is 1. The van der Waals surface area contributed by atoms with Crippen LogP contribution in [0.5, 0.6) is 0 Å². The number of hydrogen-bond acceptors (Lipinski definition) is 6. The van der Waals surface area contributed by atoms with Gasteiger partial charge in [0.05, 0.1) is 11.3 Å². The number of halogens is 1. The largest absolute Gasteiger partial charge is 0.455 e. The van der Waals surface area contributed by atoms with E-state index in [2.05, 4.69) is 11.4 Å². The monoisotopic (exact) mass is 390 g/mol. The van der Waals surface area contributed by atoms with Crippen molar-refractivity contribution in [1.29, 1.82) is 5.26 Å². The Bertz CT molecular complexity index is 889. The number of hydrogen-bond donors (Lipinski definition) is 1. The van der Waals surface area contributed by atoms with E-state index in [9.17, 15) is 19.2 Å². The number of carbonyl (C=O) groups excluding carboxylic acids is 2. The Labute approximate surface area is 158 Å². The first-order chi connectivity index (χ1) is 12.6. The van der Waals surface area contributed by atoms with Crippen molar-refractivity contribution in [3.63, 3.8) is 0 Å². The minimum absolute atomic E-state index is 0.0923. The zero-order valence-corrected chi connectivity index (χ0v) is 15.3.